The molecule has 3 N–H and O–H groups in total. The van der Waals surface area contributed by atoms with Crippen molar-refractivity contribution in [2.24, 2.45) is 10.7 Å². The highest BCUT2D eigenvalue weighted by Gasteiger charge is 2.30. The van der Waals surface area contributed by atoms with Crippen LogP contribution in [0.25, 0.3) is 11.1 Å². The molecule has 0 aromatic heterocycles. The van der Waals surface area contributed by atoms with E-state index in [0.717, 1.165) is 65.1 Å². The third-order valence-corrected chi connectivity index (χ3v) is 5.64. The lowest BCUT2D eigenvalue weighted by molar-refractivity contribution is -0.137. The number of hydrogen-bond donors (Lipinski definition) is 2. The van der Waals surface area contributed by atoms with Crippen LogP contribution in [0.3, 0.4) is 0 Å². The van der Waals surface area contributed by atoms with Gasteiger partial charge in [0.1, 0.15) is 19.4 Å². The van der Waals surface area contributed by atoms with Gasteiger partial charge in [0.2, 0.25) is 0 Å². The summed E-state index contributed by atoms with van der Waals surface area (Å²) in [4.78, 5) is 6.28. The molecule has 0 fully saturated rings. The van der Waals surface area contributed by atoms with Crippen LogP contribution in [0.2, 0.25) is 0 Å². The summed E-state index contributed by atoms with van der Waals surface area (Å²) in [5.74, 6) is 0.329. The van der Waals surface area contributed by atoms with E-state index in [-0.39, 0.29) is 8.16 Å². The highest BCUT2D eigenvalue weighted by Crippen LogP contribution is 2.37. The Morgan fingerprint density at radius 3 is 2.39 bits per heavy atom. The number of hydrogen-bond acceptors (Lipinski definition) is 4. The van der Waals surface area contributed by atoms with Gasteiger partial charge in [0, 0.05) is 24.9 Å². The molecule has 8 heteroatoms. The number of benzene rings is 3. The Bertz CT molecular complexity index is 1130. The molecule has 0 atom stereocenters. The quantitative estimate of drug-likeness (QED) is 0.227. The Balaban J connectivity index is 0.00000324. The molecule has 1 aliphatic rings. The number of anilines is 2. The minimum atomic E-state index is -4.34. The minimum absolute atomic E-state index is 0. The van der Waals surface area contributed by atoms with Gasteiger partial charge >= 0.3 is 6.18 Å². The maximum Gasteiger partial charge on any atom is 0.416 e. The van der Waals surface area contributed by atoms with Crippen LogP contribution in [0, 0.1) is 0 Å². The van der Waals surface area contributed by atoms with Crippen LogP contribution in [0.4, 0.5) is 24.5 Å². The molecule has 0 unspecified atom stereocenters. The van der Waals surface area contributed by atoms with E-state index >= 15 is 0 Å². The van der Waals surface area contributed by atoms with Gasteiger partial charge in [-0.1, -0.05) is 18.2 Å². The summed E-state index contributed by atoms with van der Waals surface area (Å²) in [6.45, 7) is 0.440. The van der Waals surface area contributed by atoms with Crippen molar-refractivity contribution in [2.75, 3.05) is 25.0 Å². The van der Waals surface area contributed by atoms with Gasteiger partial charge in [-0.15, -0.1) is 0 Å². The van der Waals surface area contributed by atoms with E-state index in [0.29, 0.717) is 5.84 Å². The van der Waals surface area contributed by atoms with E-state index in [1.54, 1.807) is 0 Å². The number of aliphatic imine (C=N–C) groups is 1. The molecular weight excluding hydrogens is 431 g/mol. The van der Waals surface area contributed by atoms with Gasteiger partial charge in [0.25, 0.3) is 0 Å². The van der Waals surface area contributed by atoms with Gasteiger partial charge in [0.15, 0.2) is 0 Å². The van der Waals surface area contributed by atoms with Gasteiger partial charge in [-0.3, -0.25) is 0 Å². The summed E-state index contributed by atoms with van der Waals surface area (Å²) in [5.41, 5.74) is 11.0. The fourth-order valence-corrected chi connectivity index (χ4v) is 3.96. The largest absolute Gasteiger partial charge is 0.416 e. The highest BCUT2D eigenvalue weighted by atomic mass is 19.4. The summed E-state index contributed by atoms with van der Waals surface area (Å²) < 4.78 is 43.3. The number of amidine groups is 1. The molecule has 3 aromatic carbocycles. The smallest absolute Gasteiger partial charge is 0.383 e. The molecular formula is C25H26F3N3O2. The maximum atomic E-state index is 12.9. The lowest BCUT2D eigenvalue weighted by Gasteiger charge is -2.32. The number of alkyl halides is 3. The van der Waals surface area contributed by atoms with E-state index < -0.39 is 18.5 Å². The lowest BCUT2D eigenvalue weighted by atomic mass is 9.95. The first-order chi connectivity index (χ1) is 15.9. The Morgan fingerprint density at radius 1 is 1.03 bits per heavy atom. The first-order valence-corrected chi connectivity index (χ1v) is 10.5. The van der Waals surface area contributed by atoms with Crippen molar-refractivity contribution in [3.63, 3.8) is 0 Å². The molecule has 0 saturated carbocycles. The van der Waals surface area contributed by atoms with Gasteiger partial charge in [-0.05, 0) is 78.1 Å². The van der Waals surface area contributed by atoms with Crippen molar-refractivity contribution in [2.45, 2.75) is 19.0 Å². The van der Waals surface area contributed by atoms with Crippen molar-refractivity contribution in [1.29, 1.82) is 0 Å². The number of aryl methyl sites for hydroxylation is 1. The number of ether oxygens (including phenoxy) is 1. The first-order valence-electron chi connectivity index (χ1n) is 10.5. The Labute approximate surface area is 191 Å². The fraction of sp³-hybridized carbons (Fsp3) is 0.240. The zero-order chi connectivity index (χ0) is 23.4. The molecule has 0 aliphatic carbocycles. The number of aliphatic hydroxyl groups excluding tert-OH is 1. The Kier molecular flexibility index (Phi) is 6.67. The molecule has 174 valence electrons. The average Bonchev–Trinajstić information content (AvgIpc) is 2.83. The SMILES string of the molecule is N/C(=N\COCO)c1ccc(N2CCCc3cc(-c4ccc(C(F)(F)F)cc4)ccc32)cc1.[HH]. The van der Waals surface area contributed by atoms with Gasteiger partial charge in [0.05, 0.1) is 5.56 Å². The van der Waals surface area contributed by atoms with Gasteiger partial charge in [-0.2, -0.15) is 13.2 Å². The molecule has 0 bridgehead atoms. The fourth-order valence-electron chi connectivity index (χ4n) is 3.96. The van der Waals surface area contributed by atoms with E-state index in [1.807, 2.05) is 36.4 Å². The third kappa shape index (κ3) is 5.18. The van der Waals surface area contributed by atoms with Crippen LogP contribution >= 0.6 is 0 Å². The second kappa shape index (κ2) is 9.64. The topological polar surface area (TPSA) is 71.1 Å². The van der Waals surface area contributed by atoms with Crippen LogP contribution < -0.4 is 10.6 Å². The van der Waals surface area contributed by atoms with E-state index in [4.69, 9.17) is 15.6 Å². The molecule has 33 heavy (non-hydrogen) atoms. The molecule has 0 amide bonds. The zero-order valence-electron chi connectivity index (χ0n) is 17.8. The van der Waals surface area contributed by atoms with E-state index in [1.165, 1.54) is 12.1 Å². The van der Waals surface area contributed by atoms with E-state index in [2.05, 4.69) is 16.0 Å². The van der Waals surface area contributed by atoms with Crippen LogP contribution in [0.15, 0.2) is 71.7 Å². The van der Waals surface area contributed by atoms with Crippen LogP contribution in [-0.4, -0.2) is 31.0 Å². The standard InChI is InChI=1S/C25H24F3N3O2.H2/c26-25(27,28)21-8-3-17(4-9-21)19-7-12-23-20(14-19)2-1-13-31(23)22-10-5-18(6-11-22)24(29)30-15-33-16-32;/h3-12,14,32H,1-2,13,15-16H2,(H2,29,30);1H. The first kappa shape index (κ1) is 22.8. The molecule has 0 saturated heterocycles. The van der Waals surface area contributed by atoms with Crippen molar-refractivity contribution < 1.29 is 24.4 Å². The highest BCUT2D eigenvalue weighted by molar-refractivity contribution is 5.97. The normalized spacial score (nSPS) is 14.3. The summed E-state index contributed by atoms with van der Waals surface area (Å²) in [7, 11) is 0. The number of nitrogens with zero attached hydrogens (tertiary/aromatic N) is 2. The molecule has 4 rings (SSSR count). The van der Waals surface area contributed by atoms with Crippen LogP contribution in [0.1, 0.15) is 24.5 Å². The minimum Gasteiger partial charge on any atom is -0.383 e. The molecule has 3 aromatic rings. The second-order valence-corrected chi connectivity index (χ2v) is 7.73. The van der Waals surface area contributed by atoms with Crippen LogP contribution in [0.5, 0.6) is 0 Å². The Morgan fingerprint density at radius 2 is 1.73 bits per heavy atom. The van der Waals surface area contributed by atoms with Crippen molar-refractivity contribution in [1.82, 2.24) is 0 Å². The van der Waals surface area contributed by atoms with E-state index in [9.17, 15) is 13.2 Å². The summed E-state index contributed by atoms with van der Waals surface area (Å²) in [5, 5.41) is 8.65. The number of fused-ring (bicyclic) bond motifs is 1. The molecule has 0 radical (unpaired) electrons. The maximum absolute atomic E-state index is 12.9. The summed E-state index contributed by atoms with van der Waals surface area (Å²) in [6, 6.07) is 19.0. The molecule has 1 aliphatic heterocycles. The molecule has 1 heterocycles. The van der Waals surface area contributed by atoms with Crippen molar-refractivity contribution in [3.8, 4) is 11.1 Å². The molecule has 0 spiro atoms. The zero-order valence-corrected chi connectivity index (χ0v) is 17.8. The number of aliphatic hydroxyl groups is 1. The third-order valence-electron chi connectivity index (χ3n) is 5.64. The van der Waals surface area contributed by atoms with Gasteiger partial charge in [-0.25, -0.2) is 4.99 Å². The molecule has 5 nitrogen and oxygen atoms in total. The number of nitrogens with two attached hydrogens (primary N) is 1. The van der Waals surface area contributed by atoms with Crippen molar-refractivity contribution in [3.05, 3.63) is 83.4 Å². The van der Waals surface area contributed by atoms with Crippen LogP contribution in [-0.2, 0) is 17.3 Å². The number of halogens is 3. The average molecular weight is 457 g/mol. The van der Waals surface area contributed by atoms with Crippen molar-refractivity contribution >= 4 is 17.2 Å². The summed E-state index contributed by atoms with van der Waals surface area (Å²) in [6.07, 6.45) is -2.47. The predicted octanol–water partition coefficient (Wildman–Crippen LogP) is 5.33. The summed E-state index contributed by atoms with van der Waals surface area (Å²) >= 11 is 0. The van der Waals surface area contributed by atoms with Gasteiger partial charge < -0.3 is 20.5 Å². The lowest BCUT2D eigenvalue weighted by Crippen LogP contribution is -2.24. The number of rotatable bonds is 6. The second-order valence-electron chi connectivity index (χ2n) is 7.73. The monoisotopic (exact) mass is 457 g/mol. The predicted molar refractivity (Wildman–Crippen MR) is 125 cm³/mol. The Hall–Kier alpha value is -3.36.